The van der Waals surface area contributed by atoms with Crippen LogP contribution in [0.3, 0.4) is 0 Å². The first-order chi connectivity index (χ1) is 11.3. The van der Waals surface area contributed by atoms with Crippen LogP contribution in [0.4, 0.5) is 13.2 Å². The largest absolute Gasteiger partial charge is 0.458 e. The maximum Gasteiger partial charge on any atom is 0.458 e. The molecule has 0 saturated carbocycles. The summed E-state index contributed by atoms with van der Waals surface area (Å²) < 4.78 is 38.1. The minimum absolute atomic E-state index is 0.0110. The van der Waals surface area contributed by atoms with E-state index >= 15 is 0 Å². The van der Waals surface area contributed by atoms with Crippen molar-refractivity contribution in [2.75, 3.05) is 0 Å². The number of nitrogens with zero attached hydrogens (tertiary/aromatic N) is 2. The van der Waals surface area contributed by atoms with Crippen LogP contribution in [-0.4, -0.2) is 34.1 Å². The molecule has 0 aliphatic carbocycles. The van der Waals surface area contributed by atoms with Gasteiger partial charge in [0.1, 0.15) is 5.69 Å². The Morgan fingerprint density at radius 2 is 1.83 bits per heavy atom. The summed E-state index contributed by atoms with van der Waals surface area (Å²) in [7, 11) is 0. The highest BCUT2D eigenvalue weighted by Gasteiger charge is 2.60. The van der Waals surface area contributed by atoms with E-state index in [-0.39, 0.29) is 11.4 Å². The average molecular weight is 336 g/mol. The Labute approximate surface area is 134 Å². The van der Waals surface area contributed by atoms with Gasteiger partial charge in [-0.15, -0.1) is 0 Å². The monoisotopic (exact) mass is 336 g/mol. The van der Waals surface area contributed by atoms with Crippen molar-refractivity contribution in [3.05, 3.63) is 53.9 Å². The predicted molar refractivity (Wildman–Crippen MR) is 78.3 cm³/mol. The lowest BCUT2D eigenvalue weighted by Crippen LogP contribution is -2.45. The van der Waals surface area contributed by atoms with E-state index in [1.165, 1.54) is 6.20 Å². The van der Waals surface area contributed by atoms with Crippen LogP contribution in [-0.2, 0) is 4.84 Å². The number of hydrogen-bond donors (Lipinski definition) is 1. The molecule has 124 valence electrons. The van der Waals surface area contributed by atoms with Crippen molar-refractivity contribution in [2.24, 2.45) is 5.16 Å². The van der Waals surface area contributed by atoms with E-state index in [0.717, 1.165) is 0 Å². The summed E-state index contributed by atoms with van der Waals surface area (Å²) in [6, 6.07) is 9.74. The molecule has 3 rings (SSSR count). The summed E-state index contributed by atoms with van der Waals surface area (Å²) in [6.07, 6.45) is -3.61. The molecular weight excluding hydrogens is 325 g/mol. The number of aromatic nitrogens is 1. The summed E-state index contributed by atoms with van der Waals surface area (Å²) in [5.41, 5.74) is 1.92. The van der Waals surface area contributed by atoms with Crippen LogP contribution in [0.15, 0.2) is 47.8 Å². The Bertz CT molecular complexity index is 803. The molecule has 1 N–H and O–H groups in total. The van der Waals surface area contributed by atoms with Crippen molar-refractivity contribution in [3.63, 3.8) is 0 Å². The normalized spacial score (nSPS) is 20.4. The fourth-order valence-electron chi connectivity index (χ4n) is 2.33. The van der Waals surface area contributed by atoms with Crippen molar-refractivity contribution < 1.29 is 27.9 Å². The maximum atomic E-state index is 12.7. The number of pyridine rings is 1. The average Bonchev–Trinajstić information content (AvgIpc) is 2.98. The van der Waals surface area contributed by atoms with Crippen molar-refractivity contribution in [1.29, 1.82) is 0 Å². The molecule has 2 aromatic rings. The van der Waals surface area contributed by atoms with Gasteiger partial charge in [-0.3, -0.25) is 9.78 Å². The molecule has 0 radical (unpaired) electrons. The number of benzene rings is 1. The minimum atomic E-state index is -4.94. The van der Waals surface area contributed by atoms with E-state index in [2.05, 4.69) is 15.0 Å². The Hall–Kier alpha value is -2.74. The second kappa shape index (κ2) is 5.72. The number of carbonyl (C=O) groups is 1. The standard InChI is InChI=1S/C16H11F3N2O3/c17-16(18,19)15(23)8-13(21-24-15)11-5-3-10(4-6-11)12-2-1-7-20-14(12)9-22/h1-7,9,23H,8H2. The number of alkyl halides is 3. The highest BCUT2D eigenvalue weighted by atomic mass is 19.4. The molecule has 1 aliphatic rings. The zero-order valence-electron chi connectivity index (χ0n) is 12.1. The van der Waals surface area contributed by atoms with Gasteiger partial charge in [0, 0.05) is 11.8 Å². The SMILES string of the molecule is O=Cc1ncccc1-c1ccc(C2=NOC(O)(C(F)(F)F)C2)cc1. The number of carbonyl (C=O) groups excluding carboxylic acids is 1. The van der Waals surface area contributed by atoms with Gasteiger partial charge in [-0.25, -0.2) is 0 Å². The minimum Gasteiger partial charge on any atom is -0.350 e. The lowest BCUT2D eigenvalue weighted by Gasteiger charge is -2.22. The second-order valence-corrected chi connectivity index (χ2v) is 5.22. The molecule has 0 amide bonds. The van der Waals surface area contributed by atoms with E-state index in [4.69, 9.17) is 0 Å². The quantitative estimate of drug-likeness (QED) is 0.875. The molecule has 1 unspecified atom stereocenters. The summed E-state index contributed by atoms with van der Waals surface area (Å²) in [6.45, 7) is 0. The van der Waals surface area contributed by atoms with E-state index in [1.807, 2.05) is 0 Å². The Morgan fingerprint density at radius 1 is 1.17 bits per heavy atom. The molecule has 2 heterocycles. The molecule has 8 heteroatoms. The summed E-state index contributed by atoms with van der Waals surface area (Å²) >= 11 is 0. The van der Waals surface area contributed by atoms with Gasteiger partial charge in [0.25, 0.3) is 0 Å². The second-order valence-electron chi connectivity index (χ2n) is 5.22. The maximum absolute atomic E-state index is 12.7. The highest BCUT2D eigenvalue weighted by molar-refractivity contribution is 6.02. The Morgan fingerprint density at radius 3 is 2.42 bits per heavy atom. The molecule has 1 atom stereocenters. The van der Waals surface area contributed by atoms with Crippen LogP contribution in [0.5, 0.6) is 0 Å². The number of halogens is 3. The molecule has 0 fully saturated rings. The highest BCUT2D eigenvalue weighted by Crippen LogP contribution is 2.39. The predicted octanol–water partition coefficient (Wildman–Crippen LogP) is 2.94. The van der Waals surface area contributed by atoms with Gasteiger partial charge in [0.15, 0.2) is 6.29 Å². The van der Waals surface area contributed by atoms with Crippen molar-refractivity contribution in [1.82, 2.24) is 4.98 Å². The summed E-state index contributed by atoms with van der Waals surface area (Å²) in [4.78, 5) is 19.1. The Kier molecular flexibility index (Phi) is 3.84. The van der Waals surface area contributed by atoms with E-state index < -0.39 is 18.4 Å². The van der Waals surface area contributed by atoms with Gasteiger partial charge >= 0.3 is 12.0 Å². The van der Waals surface area contributed by atoms with Gasteiger partial charge in [0.2, 0.25) is 0 Å². The fourth-order valence-corrected chi connectivity index (χ4v) is 2.33. The van der Waals surface area contributed by atoms with Crippen LogP contribution in [0.2, 0.25) is 0 Å². The van der Waals surface area contributed by atoms with Gasteiger partial charge in [-0.1, -0.05) is 35.5 Å². The number of hydrogen-bond acceptors (Lipinski definition) is 5. The summed E-state index contributed by atoms with van der Waals surface area (Å²) in [5.74, 6) is -3.30. The lowest BCUT2D eigenvalue weighted by atomic mass is 9.98. The fraction of sp³-hybridized carbons (Fsp3) is 0.188. The molecule has 0 saturated heterocycles. The third-order valence-electron chi connectivity index (χ3n) is 3.64. The number of aldehydes is 1. The molecule has 1 aliphatic heterocycles. The van der Waals surface area contributed by atoms with Crippen molar-refractivity contribution in [3.8, 4) is 11.1 Å². The molecule has 1 aromatic carbocycles. The number of oxime groups is 1. The van der Waals surface area contributed by atoms with Crippen LogP contribution in [0, 0.1) is 0 Å². The van der Waals surface area contributed by atoms with Gasteiger partial charge < -0.3 is 9.94 Å². The van der Waals surface area contributed by atoms with Gasteiger partial charge in [-0.2, -0.15) is 13.2 Å². The summed E-state index contributed by atoms with van der Waals surface area (Å²) in [5, 5.41) is 12.8. The number of rotatable bonds is 3. The first kappa shape index (κ1) is 16.1. The lowest BCUT2D eigenvalue weighted by molar-refractivity contribution is -0.355. The molecule has 0 bridgehead atoms. The first-order valence-corrected chi connectivity index (χ1v) is 6.89. The molecule has 24 heavy (non-hydrogen) atoms. The van der Waals surface area contributed by atoms with E-state index in [9.17, 15) is 23.1 Å². The topological polar surface area (TPSA) is 71.8 Å². The van der Waals surface area contributed by atoms with Crippen LogP contribution in [0.25, 0.3) is 11.1 Å². The van der Waals surface area contributed by atoms with Gasteiger partial charge in [-0.05, 0) is 17.2 Å². The van der Waals surface area contributed by atoms with Crippen molar-refractivity contribution in [2.45, 2.75) is 18.4 Å². The Balaban J connectivity index is 1.85. The first-order valence-electron chi connectivity index (χ1n) is 6.89. The molecular formula is C16H11F3N2O3. The molecule has 5 nitrogen and oxygen atoms in total. The van der Waals surface area contributed by atoms with Crippen LogP contribution >= 0.6 is 0 Å². The van der Waals surface area contributed by atoms with Crippen LogP contribution < -0.4 is 0 Å². The van der Waals surface area contributed by atoms with E-state index in [1.54, 1.807) is 36.4 Å². The zero-order valence-corrected chi connectivity index (χ0v) is 12.1. The molecule has 0 spiro atoms. The van der Waals surface area contributed by atoms with E-state index in [0.29, 0.717) is 23.0 Å². The zero-order chi connectivity index (χ0) is 17.4. The molecule has 1 aromatic heterocycles. The van der Waals surface area contributed by atoms with Gasteiger partial charge in [0.05, 0.1) is 12.1 Å². The third-order valence-corrected chi connectivity index (χ3v) is 3.64. The van der Waals surface area contributed by atoms with Crippen LogP contribution in [0.1, 0.15) is 22.5 Å². The third kappa shape index (κ3) is 2.76. The number of aliphatic hydroxyl groups is 1. The smallest absolute Gasteiger partial charge is 0.350 e. The van der Waals surface area contributed by atoms with Crippen molar-refractivity contribution >= 4 is 12.0 Å².